The molecule has 12 aromatic carbocycles. The number of anilines is 6. The van der Waals surface area contributed by atoms with Crippen LogP contribution in [0.15, 0.2) is 241 Å². The van der Waals surface area contributed by atoms with Gasteiger partial charge in [-0.15, -0.1) is 0 Å². The van der Waals surface area contributed by atoms with E-state index in [1.807, 2.05) is 0 Å². The van der Waals surface area contributed by atoms with Crippen LogP contribution in [0.1, 0.15) is 56.2 Å². The van der Waals surface area contributed by atoms with Gasteiger partial charge in [0.1, 0.15) is 5.58 Å². The molecule has 0 bridgehead atoms. The Morgan fingerprint density at radius 2 is 0.797 bits per heavy atom. The highest BCUT2D eigenvalue weighted by Crippen LogP contribution is 2.52. The first kappa shape index (κ1) is 45.0. The van der Waals surface area contributed by atoms with E-state index in [9.17, 15) is 0 Å². The van der Waals surface area contributed by atoms with Crippen molar-refractivity contribution in [3.8, 4) is 33.4 Å². The van der Waals surface area contributed by atoms with Crippen LogP contribution >= 0.6 is 0 Å². The third-order valence-corrected chi connectivity index (χ3v) is 15.2. The highest BCUT2D eigenvalue weighted by atomic mass is 16.3. The van der Waals surface area contributed by atoms with Gasteiger partial charge in [0.2, 0.25) is 0 Å². The Hall–Kier alpha value is -8.92. The van der Waals surface area contributed by atoms with Crippen LogP contribution in [0.4, 0.5) is 34.1 Å². The Kier molecular flexibility index (Phi) is 11.1. The van der Waals surface area contributed by atoms with Gasteiger partial charge in [-0.2, -0.15) is 0 Å². The van der Waals surface area contributed by atoms with Crippen LogP contribution < -0.4 is 9.80 Å². The third-order valence-electron chi connectivity index (χ3n) is 15.2. The quantitative estimate of drug-likeness (QED) is 0.120. The molecule has 0 saturated heterocycles. The number of nitrogens with zero attached hydrogens (tertiary/aromatic N) is 2. The first-order valence-electron chi connectivity index (χ1n) is 26.1. The van der Waals surface area contributed by atoms with E-state index in [0.29, 0.717) is 0 Å². The Morgan fingerprint density at radius 3 is 1.43 bits per heavy atom. The van der Waals surface area contributed by atoms with E-state index >= 15 is 0 Å². The fourth-order valence-electron chi connectivity index (χ4n) is 11.7. The van der Waals surface area contributed by atoms with Crippen molar-refractivity contribution in [1.82, 2.24) is 0 Å². The van der Waals surface area contributed by atoms with Gasteiger partial charge in [0, 0.05) is 38.7 Å². The standard InChI is InChI=1S/C71H56N2O/c1-45(2)61-43-63(50-33-37-52(38-34-50)72(51-35-31-47(5)32-36-51)64-27-15-12-23-53(64)48-19-8-6-9-20-48)58-40-39-57-62(46(3)4)44-67(60-42-41-56(61)69(58)70(57)60)73(65-28-16-13-24-54(65)49-21-10-7-11-22-49)66-29-18-26-59-55-25-14-17-30-68(55)74-71(59)66/h6-46H,1-5H3. The van der Waals surface area contributed by atoms with Crippen LogP contribution in [0.5, 0.6) is 0 Å². The highest BCUT2D eigenvalue weighted by molar-refractivity contribution is 6.29. The van der Waals surface area contributed by atoms with E-state index in [0.717, 1.165) is 67.2 Å². The smallest absolute Gasteiger partial charge is 0.159 e. The number of rotatable bonds is 11. The number of aryl methyl sites for hydroxylation is 1. The number of furan rings is 1. The average molecular weight is 953 g/mol. The van der Waals surface area contributed by atoms with E-state index in [1.54, 1.807) is 0 Å². The molecule has 0 unspecified atom stereocenters. The molecule has 3 nitrogen and oxygen atoms in total. The fourth-order valence-corrected chi connectivity index (χ4v) is 11.7. The summed E-state index contributed by atoms with van der Waals surface area (Å²) in [6.45, 7) is 11.5. The SMILES string of the molecule is Cc1ccc(N(c2ccc(-c3cc(C(C)C)c4ccc5c(N(c6ccccc6-c6ccccc6)c6cccc7c6oc6ccccc67)cc(C(C)C)c6ccc3c4c65)cc2)c2ccccc2-c2ccccc2)cc1. The zero-order valence-electron chi connectivity index (χ0n) is 42.5. The first-order valence-corrected chi connectivity index (χ1v) is 26.1. The Bertz CT molecular complexity index is 4190. The molecule has 0 saturated carbocycles. The van der Waals surface area contributed by atoms with E-state index in [-0.39, 0.29) is 11.8 Å². The minimum Gasteiger partial charge on any atom is -0.454 e. The van der Waals surface area contributed by atoms with Gasteiger partial charge in [0.25, 0.3) is 0 Å². The van der Waals surface area contributed by atoms with E-state index in [4.69, 9.17) is 4.42 Å². The van der Waals surface area contributed by atoms with Crippen molar-refractivity contribution in [3.05, 3.63) is 253 Å². The summed E-state index contributed by atoms with van der Waals surface area (Å²) >= 11 is 0. The summed E-state index contributed by atoms with van der Waals surface area (Å²) in [5.41, 5.74) is 19.3. The van der Waals surface area contributed by atoms with E-state index in [1.165, 1.54) is 71.3 Å². The first-order chi connectivity index (χ1) is 36.3. The second kappa shape index (κ2) is 18.3. The topological polar surface area (TPSA) is 19.6 Å². The lowest BCUT2D eigenvalue weighted by molar-refractivity contribution is 0.669. The lowest BCUT2D eigenvalue weighted by Crippen LogP contribution is -2.13. The molecule has 74 heavy (non-hydrogen) atoms. The fraction of sp³-hybridized carbons (Fsp3) is 0.0986. The summed E-state index contributed by atoms with van der Waals surface area (Å²) in [4.78, 5) is 4.89. The van der Waals surface area contributed by atoms with Crippen LogP contribution in [-0.4, -0.2) is 0 Å². The van der Waals surface area contributed by atoms with Gasteiger partial charge in [-0.1, -0.05) is 209 Å². The molecule has 0 aliphatic carbocycles. The van der Waals surface area contributed by atoms with Gasteiger partial charge in [-0.3, -0.25) is 0 Å². The third kappa shape index (κ3) is 7.50. The molecule has 0 amide bonds. The number of benzene rings is 12. The molecule has 1 heterocycles. The lowest BCUT2D eigenvalue weighted by atomic mass is 9.82. The summed E-state index contributed by atoms with van der Waals surface area (Å²) in [6, 6.07) is 86.8. The van der Waals surface area contributed by atoms with Crippen molar-refractivity contribution in [3.63, 3.8) is 0 Å². The minimum atomic E-state index is 0.242. The summed E-state index contributed by atoms with van der Waals surface area (Å²) in [5.74, 6) is 0.527. The van der Waals surface area contributed by atoms with Gasteiger partial charge in [0.05, 0.1) is 22.7 Å². The number of fused-ring (bicyclic) bond motifs is 3. The van der Waals surface area contributed by atoms with Gasteiger partial charge >= 0.3 is 0 Å². The summed E-state index contributed by atoms with van der Waals surface area (Å²) in [6.07, 6.45) is 0. The molecule has 0 aliphatic heterocycles. The normalized spacial score (nSPS) is 11.8. The molecule has 13 aromatic rings. The Labute approximate surface area is 433 Å². The molecule has 0 atom stereocenters. The van der Waals surface area contributed by atoms with E-state index < -0.39 is 0 Å². The van der Waals surface area contributed by atoms with E-state index in [2.05, 4.69) is 281 Å². The molecular formula is C71H56N2O. The van der Waals surface area contributed by atoms with Crippen molar-refractivity contribution in [2.75, 3.05) is 9.80 Å². The van der Waals surface area contributed by atoms with Crippen LogP contribution in [0.25, 0.3) is 87.6 Å². The van der Waals surface area contributed by atoms with Gasteiger partial charge < -0.3 is 14.2 Å². The largest absolute Gasteiger partial charge is 0.454 e. The molecule has 0 spiro atoms. The van der Waals surface area contributed by atoms with Gasteiger partial charge in [-0.25, -0.2) is 0 Å². The Morgan fingerprint density at radius 1 is 0.324 bits per heavy atom. The molecule has 0 aliphatic rings. The molecular weight excluding hydrogens is 897 g/mol. The molecule has 1 aromatic heterocycles. The molecule has 0 fully saturated rings. The van der Waals surface area contributed by atoms with Crippen molar-refractivity contribution in [2.24, 2.45) is 0 Å². The molecule has 0 radical (unpaired) electrons. The number of hydrogen-bond donors (Lipinski definition) is 0. The van der Waals surface area contributed by atoms with Crippen molar-refractivity contribution >= 4 is 88.4 Å². The van der Waals surface area contributed by atoms with Gasteiger partial charge in [0.15, 0.2) is 5.58 Å². The maximum atomic E-state index is 6.92. The van der Waals surface area contributed by atoms with Crippen molar-refractivity contribution < 1.29 is 4.42 Å². The molecule has 13 rings (SSSR count). The van der Waals surface area contributed by atoms with Crippen molar-refractivity contribution in [1.29, 1.82) is 0 Å². The zero-order valence-corrected chi connectivity index (χ0v) is 42.5. The summed E-state index contributed by atoms with van der Waals surface area (Å²) < 4.78 is 6.92. The summed E-state index contributed by atoms with van der Waals surface area (Å²) in [7, 11) is 0. The minimum absolute atomic E-state index is 0.242. The van der Waals surface area contributed by atoms with Crippen LogP contribution in [0.3, 0.4) is 0 Å². The monoisotopic (exact) mass is 952 g/mol. The van der Waals surface area contributed by atoms with Gasteiger partial charge in [-0.05, 0) is 140 Å². The molecule has 0 N–H and O–H groups in total. The summed E-state index contributed by atoms with van der Waals surface area (Å²) in [5, 5.41) is 9.87. The van der Waals surface area contributed by atoms with Crippen molar-refractivity contribution in [2.45, 2.75) is 46.5 Å². The lowest BCUT2D eigenvalue weighted by Gasteiger charge is -2.31. The van der Waals surface area contributed by atoms with Crippen LogP contribution in [0.2, 0.25) is 0 Å². The average Bonchev–Trinajstić information content (AvgIpc) is 3.83. The maximum absolute atomic E-state index is 6.92. The maximum Gasteiger partial charge on any atom is 0.159 e. The number of hydrogen-bond acceptors (Lipinski definition) is 3. The predicted octanol–water partition coefficient (Wildman–Crippen LogP) is 21.0. The highest BCUT2D eigenvalue weighted by Gasteiger charge is 2.28. The van der Waals surface area contributed by atoms with Crippen LogP contribution in [0, 0.1) is 6.92 Å². The second-order valence-corrected chi connectivity index (χ2v) is 20.5. The molecule has 356 valence electrons. The second-order valence-electron chi connectivity index (χ2n) is 20.5. The molecule has 3 heteroatoms. The zero-order chi connectivity index (χ0) is 50.0. The number of para-hydroxylation sites is 4. The predicted molar refractivity (Wildman–Crippen MR) is 316 cm³/mol. The van der Waals surface area contributed by atoms with Crippen LogP contribution in [-0.2, 0) is 0 Å². The Balaban J connectivity index is 1.05.